The van der Waals surface area contributed by atoms with E-state index in [1.807, 2.05) is 20.8 Å². The molecule has 0 bridgehead atoms. The fraction of sp³-hybridized carbons (Fsp3) is 0.875. The normalized spacial score (nSPS) is 12.4. The summed E-state index contributed by atoms with van der Waals surface area (Å²) in [6.07, 6.45) is -1.19. The summed E-state index contributed by atoms with van der Waals surface area (Å²) in [5, 5.41) is 5.59. The maximum Gasteiger partial charge on any atom is 0.390 e. The molecule has 0 aliphatic heterocycles. The van der Waals surface area contributed by atoms with Crippen LogP contribution in [0.2, 0.25) is 0 Å². The average molecular weight is 481 g/mol. The molecule has 5 nitrogen and oxygen atoms in total. The summed E-state index contributed by atoms with van der Waals surface area (Å²) in [5.41, 5.74) is -0.448. The number of nitrogens with one attached hydrogen (secondary N) is 2. The predicted octanol–water partition coefficient (Wildman–Crippen LogP) is 4.01. The SMILES string of the molecule is CN=C(NCCCCCCC(=O)OC(C)(C)C)NCCC(F)(F)F.I. The Morgan fingerprint density at radius 2 is 1.56 bits per heavy atom. The number of alkyl halides is 3. The molecule has 0 aromatic rings. The lowest BCUT2D eigenvalue weighted by atomic mass is 10.1. The van der Waals surface area contributed by atoms with Crippen LogP contribution in [0.4, 0.5) is 13.2 Å². The number of nitrogens with zero attached hydrogens (tertiary/aromatic N) is 1. The number of carbonyl (C=O) groups is 1. The van der Waals surface area contributed by atoms with Gasteiger partial charge in [-0.1, -0.05) is 12.8 Å². The Labute approximate surface area is 165 Å². The van der Waals surface area contributed by atoms with Crippen LogP contribution in [0.25, 0.3) is 0 Å². The molecule has 9 heteroatoms. The molecule has 25 heavy (non-hydrogen) atoms. The van der Waals surface area contributed by atoms with Crippen molar-refractivity contribution in [1.82, 2.24) is 10.6 Å². The molecule has 0 aromatic carbocycles. The number of unbranched alkanes of at least 4 members (excludes halogenated alkanes) is 3. The number of halogens is 4. The molecule has 0 aromatic heterocycles. The van der Waals surface area contributed by atoms with Gasteiger partial charge in [0.05, 0.1) is 6.42 Å². The minimum atomic E-state index is -4.17. The van der Waals surface area contributed by atoms with Crippen LogP contribution in [0.3, 0.4) is 0 Å². The molecule has 0 saturated heterocycles. The smallest absolute Gasteiger partial charge is 0.390 e. The highest BCUT2D eigenvalue weighted by Crippen LogP contribution is 2.18. The highest BCUT2D eigenvalue weighted by Gasteiger charge is 2.26. The second-order valence-electron chi connectivity index (χ2n) is 6.54. The van der Waals surface area contributed by atoms with Crippen molar-refractivity contribution < 1.29 is 22.7 Å². The number of hydrogen-bond acceptors (Lipinski definition) is 3. The molecule has 0 fully saturated rings. The van der Waals surface area contributed by atoms with Crippen LogP contribution in [0.15, 0.2) is 4.99 Å². The Morgan fingerprint density at radius 3 is 2.08 bits per heavy atom. The Kier molecular flexibility index (Phi) is 14.3. The fourth-order valence-electron chi connectivity index (χ4n) is 1.89. The number of rotatable bonds is 9. The third kappa shape index (κ3) is 19.4. The lowest BCUT2D eigenvalue weighted by Gasteiger charge is -2.19. The van der Waals surface area contributed by atoms with Crippen LogP contribution in [0.5, 0.6) is 0 Å². The van der Waals surface area contributed by atoms with Crippen molar-refractivity contribution in [3.8, 4) is 0 Å². The van der Waals surface area contributed by atoms with Crippen LogP contribution < -0.4 is 10.6 Å². The largest absolute Gasteiger partial charge is 0.460 e. The molecule has 0 heterocycles. The van der Waals surface area contributed by atoms with Crippen molar-refractivity contribution in [3.05, 3.63) is 0 Å². The van der Waals surface area contributed by atoms with E-state index in [1.54, 1.807) is 0 Å². The summed E-state index contributed by atoms with van der Waals surface area (Å²) in [7, 11) is 1.52. The zero-order valence-electron chi connectivity index (χ0n) is 15.5. The van der Waals surface area contributed by atoms with Gasteiger partial charge in [-0.25, -0.2) is 0 Å². The van der Waals surface area contributed by atoms with Gasteiger partial charge in [0.25, 0.3) is 0 Å². The van der Waals surface area contributed by atoms with Crippen LogP contribution in [0.1, 0.15) is 59.3 Å². The first-order chi connectivity index (χ1) is 11.0. The van der Waals surface area contributed by atoms with Gasteiger partial charge in [-0.15, -0.1) is 24.0 Å². The third-order valence-corrected chi connectivity index (χ3v) is 2.94. The zero-order chi connectivity index (χ0) is 18.6. The van der Waals surface area contributed by atoms with Crippen LogP contribution in [0, 0.1) is 0 Å². The minimum Gasteiger partial charge on any atom is -0.460 e. The van der Waals surface area contributed by atoms with E-state index in [-0.39, 0.29) is 36.5 Å². The van der Waals surface area contributed by atoms with Crippen molar-refractivity contribution in [3.63, 3.8) is 0 Å². The Bertz CT molecular complexity index is 397. The summed E-state index contributed by atoms with van der Waals surface area (Å²) < 4.78 is 41.4. The van der Waals surface area contributed by atoms with Gasteiger partial charge in [0.2, 0.25) is 0 Å². The molecule has 0 rings (SSSR count). The first kappa shape index (κ1) is 26.5. The second-order valence-corrected chi connectivity index (χ2v) is 6.54. The summed E-state index contributed by atoms with van der Waals surface area (Å²) in [5.74, 6) is 0.183. The Hall–Kier alpha value is -0.740. The van der Waals surface area contributed by atoms with E-state index in [9.17, 15) is 18.0 Å². The number of esters is 1. The molecule has 150 valence electrons. The van der Waals surface area contributed by atoms with Gasteiger partial charge in [-0.05, 0) is 33.6 Å². The number of guanidine groups is 1. The van der Waals surface area contributed by atoms with E-state index in [1.165, 1.54) is 7.05 Å². The van der Waals surface area contributed by atoms with Crippen molar-refractivity contribution in [2.24, 2.45) is 4.99 Å². The van der Waals surface area contributed by atoms with Crippen molar-refractivity contribution in [2.75, 3.05) is 20.1 Å². The summed E-state index contributed by atoms with van der Waals surface area (Å²) in [6.45, 7) is 5.95. The van der Waals surface area contributed by atoms with E-state index < -0.39 is 18.2 Å². The van der Waals surface area contributed by atoms with Crippen molar-refractivity contribution in [1.29, 1.82) is 0 Å². The Morgan fingerprint density at radius 1 is 1.00 bits per heavy atom. The predicted molar refractivity (Wildman–Crippen MR) is 104 cm³/mol. The molecule has 0 aliphatic rings. The molecule has 0 saturated carbocycles. The molecule has 0 aliphatic carbocycles. The Balaban J connectivity index is 0. The number of carbonyl (C=O) groups excluding carboxylic acids is 1. The molecule has 2 N–H and O–H groups in total. The van der Waals surface area contributed by atoms with E-state index in [0.717, 1.165) is 25.7 Å². The molecule has 0 unspecified atom stereocenters. The van der Waals surface area contributed by atoms with Gasteiger partial charge < -0.3 is 15.4 Å². The second kappa shape index (κ2) is 13.5. The molecule has 0 radical (unpaired) electrons. The van der Waals surface area contributed by atoms with E-state index in [0.29, 0.717) is 18.9 Å². The summed E-state index contributed by atoms with van der Waals surface area (Å²) >= 11 is 0. The third-order valence-electron chi connectivity index (χ3n) is 2.94. The molecule has 0 spiro atoms. The van der Waals surface area contributed by atoms with Gasteiger partial charge in [0.15, 0.2) is 5.96 Å². The summed E-state index contributed by atoms with van der Waals surface area (Å²) in [4.78, 5) is 15.4. The molecular weight excluding hydrogens is 450 g/mol. The average Bonchev–Trinajstić information content (AvgIpc) is 2.41. The molecule has 0 amide bonds. The maximum absolute atomic E-state index is 12.0. The van der Waals surface area contributed by atoms with E-state index >= 15 is 0 Å². The topological polar surface area (TPSA) is 62.7 Å². The first-order valence-corrected chi connectivity index (χ1v) is 8.26. The highest BCUT2D eigenvalue weighted by molar-refractivity contribution is 14.0. The van der Waals surface area contributed by atoms with Crippen LogP contribution in [-0.2, 0) is 9.53 Å². The van der Waals surface area contributed by atoms with Gasteiger partial charge in [-0.2, -0.15) is 13.2 Å². The minimum absolute atomic E-state index is 0. The van der Waals surface area contributed by atoms with Gasteiger partial charge in [0, 0.05) is 26.6 Å². The lowest BCUT2D eigenvalue weighted by molar-refractivity contribution is -0.154. The molecular formula is C16H31F3IN3O2. The summed E-state index contributed by atoms with van der Waals surface area (Å²) in [6, 6.07) is 0. The number of ether oxygens (including phenoxy) is 1. The first-order valence-electron chi connectivity index (χ1n) is 8.26. The standard InChI is InChI=1S/C16H30F3N3O2.HI/c1-15(2,3)24-13(23)9-7-5-6-8-11-21-14(20-4)22-12-10-16(17,18)19;/h5-12H2,1-4H3,(H2,20,21,22);1H. The molecule has 0 atom stereocenters. The van der Waals surface area contributed by atoms with Crippen molar-refractivity contribution >= 4 is 35.9 Å². The highest BCUT2D eigenvalue weighted by atomic mass is 127. The van der Waals surface area contributed by atoms with Crippen molar-refractivity contribution in [2.45, 2.75) is 71.1 Å². The maximum atomic E-state index is 12.0. The fourth-order valence-corrected chi connectivity index (χ4v) is 1.89. The van der Waals surface area contributed by atoms with Gasteiger partial charge in [-0.3, -0.25) is 9.79 Å². The number of hydrogen-bond donors (Lipinski definition) is 2. The lowest BCUT2D eigenvalue weighted by Crippen LogP contribution is -2.39. The van der Waals surface area contributed by atoms with Crippen LogP contribution in [-0.4, -0.2) is 43.8 Å². The zero-order valence-corrected chi connectivity index (χ0v) is 17.8. The van der Waals surface area contributed by atoms with Gasteiger partial charge in [0.1, 0.15) is 5.60 Å². The van der Waals surface area contributed by atoms with E-state index in [2.05, 4.69) is 15.6 Å². The van der Waals surface area contributed by atoms with Gasteiger partial charge >= 0.3 is 12.1 Å². The number of aliphatic imine (C=N–C) groups is 1. The van der Waals surface area contributed by atoms with E-state index in [4.69, 9.17) is 4.74 Å². The quantitative estimate of drug-likeness (QED) is 0.172. The van der Waals surface area contributed by atoms with Crippen LogP contribution >= 0.6 is 24.0 Å². The monoisotopic (exact) mass is 481 g/mol.